The molecule has 0 bridgehead atoms. The number of hydrogen-bond donors (Lipinski definition) is 0. The second-order valence-corrected chi connectivity index (χ2v) is 7.58. The first-order valence-corrected chi connectivity index (χ1v) is 9.99. The number of hydrogen-bond acceptors (Lipinski definition) is 6. The number of amides is 1. The minimum Gasteiger partial charge on any atom is -0.448 e. The lowest BCUT2D eigenvalue weighted by atomic mass is 9.96. The molecule has 0 spiro atoms. The van der Waals surface area contributed by atoms with Crippen molar-refractivity contribution in [3.8, 4) is 0 Å². The van der Waals surface area contributed by atoms with Gasteiger partial charge in [0.15, 0.2) is 12.1 Å². The van der Waals surface area contributed by atoms with Crippen LogP contribution in [0.15, 0.2) is 10.8 Å². The molecule has 4 heterocycles. The summed E-state index contributed by atoms with van der Waals surface area (Å²) in [6, 6.07) is 0. The summed E-state index contributed by atoms with van der Waals surface area (Å²) in [5.41, 5.74) is 0.450. The molecule has 1 amide bonds. The molecule has 4 rings (SSSR count). The molecule has 146 valence electrons. The molecule has 1 atom stereocenters. The summed E-state index contributed by atoms with van der Waals surface area (Å²) in [5, 5.41) is 8.93. The van der Waals surface area contributed by atoms with E-state index in [0.717, 1.165) is 50.7 Å². The fraction of sp³-hybridized carbons (Fsp3) is 0.684. The number of carbonyl (C=O) groups excluding carboxylic acids is 1. The number of nitrogens with zero attached hydrogens (tertiary/aromatic N) is 6. The van der Waals surface area contributed by atoms with Crippen LogP contribution in [0.4, 0.5) is 0 Å². The highest BCUT2D eigenvalue weighted by molar-refractivity contribution is 5.93. The van der Waals surface area contributed by atoms with Crippen LogP contribution in [0, 0.1) is 0 Å². The molecule has 2 fully saturated rings. The first kappa shape index (κ1) is 18.2. The van der Waals surface area contributed by atoms with Crippen LogP contribution in [0.25, 0.3) is 0 Å². The smallest absolute Gasteiger partial charge is 0.276 e. The average molecular weight is 372 g/mol. The van der Waals surface area contributed by atoms with E-state index >= 15 is 0 Å². The zero-order valence-electron chi connectivity index (χ0n) is 16.2. The Balaban J connectivity index is 1.46. The van der Waals surface area contributed by atoms with Gasteiger partial charge in [-0.05, 0) is 38.8 Å². The van der Waals surface area contributed by atoms with Gasteiger partial charge in [-0.15, -0.1) is 10.2 Å². The number of piperidine rings is 1. The fourth-order valence-corrected chi connectivity index (χ4v) is 4.23. The van der Waals surface area contributed by atoms with Crippen LogP contribution in [0.2, 0.25) is 0 Å². The molecule has 2 aromatic heterocycles. The molecule has 2 saturated heterocycles. The summed E-state index contributed by atoms with van der Waals surface area (Å²) in [7, 11) is 2.05. The maximum absolute atomic E-state index is 12.9. The van der Waals surface area contributed by atoms with Gasteiger partial charge in [-0.3, -0.25) is 9.69 Å². The highest BCUT2D eigenvalue weighted by Gasteiger charge is 2.31. The standard InChI is InChI=1S/C19H28N6O2/c1-3-15-17(20-13-27-15)19(26)25-10-6-7-14(11-25)18-22-21-16(23(18)2)12-24-8-4-5-9-24/h13-14H,3-12H2,1-2H3/t14-/m0/s1. The number of likely N-dealkylation sites (tertiary alicyclic amines) is 2. The molecule has 0 radical (unpaired) electrons. The second kappa shape index (κ2) is 7.80. The first-order valence-electron chi connectivity index (χ1n) is 9.99. The van der Waals surface area contributed by atoms with Gasteiger partial charge in [-0.1, -0.05) is 6.92 Å². The topological polar surface area (TPSA) is 80.3 Å². The number of aromatic nitrogens is 4. The molecule has 0 aromatic carbocycles. The minimum absolute atomic E-state index is 0.0373. The Hall–Kier alpha value is -2.22. The summed E-state index contributed by atoms with van der Waals surface area (Å²) in [6.07, 6.45) is 6.56. The molecule has 0 aliphatic carbocycles. The first-order chi connectivity index (χ1) is 13.2. The van der Waals surface area contributed by atoms with Crippen LogP contribution >= 0.6 is 0 Å². The third kappa shape index (κ3) is 3.63. The van der Waals surface area contributed by atoms with Crippen molar-refractivity contribution in [2.24, 2.45) is 7.05 Å². The number of carbonyl (C=O) groups is 1. The van der Waals surface area contributed by atoms with Gasteiger partial charge >= 0.3 is 0 Å². The van der Waals surface area contributed by atoms with Crippen LogP contribution in [-0.4, -0.2) is 61.6 Å². The predicted molar refractivity (Wildman–Crippen MR) is 99.3 cm³/mol. The van der Waals surface area contributed by atoms with E-state index in [1.807, 2.05) is 18.9 Å². The lowest BCUT2D eigenvalue weighted by molar-refractivity contribution is 0.0696. The van der Waals surface area contributed by atoms with E-state index in [1.165, 1.54) is 19.2 Å². The zero-order valence-corrected chi connectivity index (χ0v) is 16.2. The normalized spacial score (nSPS) is 21.1. The van der Waals surface area contributed by atoms with Gasteiger partial charge in [0.2, 0.25) is 0 Å². The Morgan fingerprint density at radius 3 is 2.81 bits per heavy atom. The molecule has 0 N–H and O–H groups in total. The van der Waals surface area contributed by atoms with Gasteiger partial charge in [0.25, 0.3) is 5.91 Å². The molecule has 2 aromatic rings. The van der Waals surface area contributed by atoms with E-state index in [4.69, 9.17) is 4.42 Å². The third-order valence-corrected chi connectivity index (χ3v) is 5.80. The largest absolute Gasteiger partial charge is 0.448 e. The third-order valence-electron chi connectivity index (χ3n) is 5.80. The van der Waals surface area contributed by atoms with E-state index in [9.17, 15) is 4.79 Å². The Morgan fingerprint density at radius 2 is 2.04 bits per heavy atom. The number of rotatable bonds is 5. The number of oxazole rings is 1. The average Bonchev–Trinajstić information content (AvgIpc) is 3.44. The van der Waals surface area contributed by atoms with Gasteiger partial charge in [0.05, 0.1) is 6.54 Å². The van der Waals surface area contributed by atoms with Gasteiger partial charge < -0.3 is 13.9 Å². The molecule has 2 aliphatic heterocycles. The maximum atomic E-state index is 12.9. The zero-order chi connectivity index (χ0) is 18.8. The van der Waals surface area contributed by atoms with E-state index in [1.54, 1.807) is 0 Å². The summed E-state index contributed by atoms with van der Waals surface area (Å²) in [5.74, 6) is 2.83. The Morgan fingerprint density at radius 1 is 1.22 bits per heavy atom. The van der Waals surface area contributed by atoms with Crippen molar-refractivity contribution in [3.63, 3.8) is 0 Å². The van der Waals surface area contributed by atoms with Crippen LogP contribution in [0.5, 0.6) is 0 Å². The highest BCUT2D eigenvalue weighted by Crippen LogP contribution is 2.27. The fourth-order valence-electron chi connectivity index (χ4n) is 4.23. The van der Waals surface area contributed by atoms with E-state index < -0.39 is 0 Å². The molecule has 2 aliphatic rings. The van der Waals surface area contributed by atoms with Gasteiger partial charge in [0, 0.05) is 32.5 Å². The summed E-state index contributed by atoms with van der Waals surface area (Å²) >= 11 is 0. The van der Waals surface area contributed by atoms with Crippen molar-refractivity contribution < 1.29 is 9.21 Å². The molecule has 8 nitrogen and oxygen atoms in total. The Bertz CT molecular complexity index is 792. The Labute approximate surface area is 159 Å². The van der Waals surface area contributed by atoms with E-state index in [2.05, 4.69) is 24.6 Å². The van der Waals surface area contributed by atoms with Crippen LogP contribution < -0.4 is 0 Å². The van der Waals surface area contributed by atoms with Crippen molar-refractivity contribution in [3.05, 3.63) is 29.5 Å². The summed E-state index contributed by atoms with van der Waals surface area (Å²) < 4.78 is 7.46. The SMILES string of the molecule is CCc1ocnc1C(=O)N1CCC[C@H](c2nnc(CN3CCCC3)n2C)C1. The van der Waals surface area contributed by atoms with Crippen LogP contribution in [0.3, 0.4) is 0 Å². The van der Waals surface area contributed by atoms with Crippen molar-refractivity contribution in [1.29, 1.82) is 0 Å². The molecular formula is C19H28N6O2. The van der Waals surface area contributed by atoms with Crippen molar-refractivity contribution in [2.45, 2.75) is 51.5 Å². The van der Waals surface area contributed by atoms with E-state index in [0.29, 0.717) is 24.4 Å². The highest BCUT2D eigenvalue weighted by atomic mass is 16.3. The van der Waals surface area contributed by atoms with Gasteiger partial charge in [0.1, 0.15) is 17.4 Å². The molecule has 0 unspecified atom stereocenters. The maximum Gasteiger partial charge on any atom is 0.276 e. The number of aryl methyl sites for hydroxylation is 1. The second-order valence-electron chi connectivity index (χ2n) is 7.58. The van der Waals surface area contributed by atoms with Gasteiger partial charge in [-0.2, -0.15) is 0 Å². The van der Waals surface area contributed by atoms with Crippen molar-refractivity contribution >= 4 is 5.91 Å². The van der Waals surface area contributed by atoms with Crippen molar-refractivity contribution in [2.75, 3.05) is 26.2 Å². The molecule has 0 saturated carbocycles. The molecular weight excluding hydrogens is 344 g/mol. The van der Waals surface area contributed by atoms with Crippen molar-refractivity contribution in [1.82, 2.24) is 29.5 Å². The van der Waals surface area contributed by atoms with Crippen LogP contribution in [-0.2, 0) is 20.0 Å². The lowest BCUT2D eigenvalue weighted by Gasteiger charge is -2.32. The lowest BCUT2D eigenvalue weighted by Crippen LogP contribution is -2.40. The molecule has 8 heteroatoms. The van der Waals surface area contributed by atoms with E-state index in [-0.39, 0.29) is 11.8 Å². The summed E-state index contributed by atoms with van der Waals surface area (Å²) in [6.45, 7) is 6.53. The minimum atomic E-state index is -0.0373. The summed E-state index contributed by atoms with van der Waals surface area (Å²) in [4.78, 5) is 21.4. The van der Waals surface area contributed by atoms with Gasteiger partial charge in [-0.25, -0.2) is 4.98 Å². The van der Waals surface area contributed by atoms with Crippen LogP contribution in [0.1, 0.15) is 66.4 Å². The Kier molecular flexibility index (Phi) is 5.24. The molecule has 27 heavy (non-hydrogen) atoms. The predicted octanol–water partition coefficient (Wildman–Crippen LogP) is 1.98. The quantitative estimate of drug-likeness (QED) is 0.798. The monoisotopic (exact) mass is 372 g/mol.